The predicted molar refractivity (Wildman–Crippen MR) is 96.5 cm³/mol. The third-order valence-corrected chi connectivity index (χ3v) is 6.41. The summed E-state index contributed by atoms with van der Waals surface area (Å²) in [5.41, 5.74) is 2.98. The van der Waals surface area contributed by atoms with Crippen molar-refractivity contribution >= 4 is 20.5 Å². The number of hydrogen-bond acceptors (Lipinski definition) is 4. The van der Waals surface area contributed by atoms with Gasteiger partial charge < -0.3 is 0 Å². The Morgan fingerprint density at radius 3 is 2.71 bits per heavy atom. The number of hydrogen-bond donors (Lipinski definition) is 0. The Kier molecular flexibility index (Phi) is 7.22. The van der Waals surface area contributed by atoms with Gasteiger partial charge in [0.25, 0.3) is 0 Å². The molecule has 0 spiro atoms. The van der Waals surface area contributed by atoms with Crippen molar-refractivity contribution in [2.24, 2.45) is 0 Å². The van der Waals surface area contributed by atoms with Crippen LogP contribution in [0.2, 0.25) is 0 Å². The molecular weight excluding hydrogens is 369 g/mol. The molecule has 130 valence electrons. The van der Waals surface area contributed by atoms with E-state index in [1.807, 2.05) is 19.1 Å². The van der Waals surface area contributed by atoms with Crippen LogP contribution in [0.4, 0.5) is 0 Å². The van der Waals surface area contributed by atoms with Crippen molar-refractivity contribution < 1.29 is 14.3 Å². The van der Waals surface area contributed by atoms with Gasteiger partial charge in [-0.1, -0.05) is 0 Å². The number of carbonyl (C=O) groups is 1. The topological polar surface area (TPSA) is 48.4 Å². The number of esters is 1. The molecule has 0 aliphatic rings. The summed E-state index contributed by atoms with van der Waals surface area (Å²) in [5.74, 6) is -0.269. The summed E-state index contributed by atoms with van der Waals surface area (Å²) < 4.78 is 12.6. The second-order valence-corrected chi connectivity index (χ2v) is 7.81. The number of carbonyl (C=O) groups excluding carboxylic acids is 1. The first-order valence-electron chi connectivity index (χ1n) is 8.36. The maximum atomic E-state index is 11.8. The van der Waals surface area contributed by atoms with Gasteiger partial charge in [0.1, 0.15) is 0 Å². The van der Waals surface area contributed by atoms with E-state index in [0.29, 0.717) is 17.1 Å². The molecule has 0 fully saturated rings. The fourth-order valence-corrected chi connectivity index (χ4v) is 4.78. The first kappa shape index (κ1) is 18.9. The van der Waals surface area contributed by atoms with Gasteiger partial charge in [-0.05, 0) is 0 Å². The van der Waals surface area contributed by atoms with E-state index < -0.39 is 0 Å². The van der Waals surface area contributed by atoms with Crippen LogP contribution in [0.3, 0.4) is 0 Å². The Morgan fingerprint density at radius 1 is 1.29 bits per heavy atom. The molecule has 0 amide bonds. The number of nitrogens with zero attached hydrogens (tertiary/aromatic N) is 1. The van der Waals surface area contributed by atoms with Crippen LogP contribution in [0.1, 0.15) is 53.6 Å². The van der Waals surface area contributed by atoms with E-state index in [2.05, 4.69) is 31.0 Å². The van der Waals surface area contributed by atoms with Crippen LogP contribution in [-0.2, 0) is 16.1 Å². The Bertz CT molecular complexity index is 681. The van der Waals surface area contributed by atoms with Crippen LogP contribution in [-0.4, -0.2) is 38.7 Å². The number of methoxy groups -OCH3 is 1. The summed E-state index contributed by atoms with van der Waals surface area (Å²) in [5, 5.41) is 0. The van der Waals surface area contributed by atoms with Crippen LogP contribution in [0, 0.1) is 6.92 Å². The summed E-state index contributed by atoms with van der Waals surface area (Å²) in [6, 6.07) is 8.17. The zero-order valence-electron chi connectivity index (χ0n) is 14.8. The van der Waals surface area contributed by atoms with E-state index in [-0.39, 0.29) is 20.5 Å². The molecule has 1 atom stereocenters. The molecular formula is C19H25NO3Se. The van der Waals surface area contributed by atoms with Gasteiger partial charge in [0.05, 0.1) is 0 Å². The van der Waals surface area contributed by atoms with Gasteiger partial charge in [-0.2, -0.15) is 0 Å². The average Bonchev–Trinajstić information content (AvgIpc) is 2.99. The standard InChI is InChI=1S/C19H25NO3Se/c1-5-9-15(6-2)23-12-14-10-7-8-11-16(14)18-20-13(3)17(24-18)19(21)22-4/h7-8,10-11,15H,5-6,9,12H2,1-4H3. The quantitative estimate of drug-likeness (QED) is 0.502. The number of rotatable bonds is 8. The Hall–Kier alpha value is -1.42. The van der Waals surface area contributed by atoms with Crippen LogP contribution in [0.15, 0.2) is 24.3 Å². The number of ether oxygens (including phenoxy) is 2. The molecule has 0 N–H and O–H groups in total. The molecule has 0 aliphatic carbocycles. The summed E-state index contributed by atoms with van der Waals surface area (Å²) in [4.78, 5) is 16.5. The Balaban J connectivity index is 2.24. The molecule has 1 heterocycles. The first-order valence-corrected chi connectivity index (χ1v) is 10.1. The molecule has 0 radical (unpaired) electrons. The van der Waals surface area contributed by atoms with E-state index in [9.17, 15) is 4.79 Å². The summed E-state index contributed by atoms with van der Waals surface area (Å²) in [7, 11) is 1.41. The normalized spacial score (nSPS) is 12.2. The van der Waals surface area contributed by atoms with Gasteiger partial charge in [-0.25, -0.2) is 0 Å². The third kappa shape index (κ3) is 4.56. The van der Waals surface area contributed by atoms with Crippen molar-refractivity contribution in [1.82, 2.24) is 4.98 Å². The molecule has 24 heavy (non-hydrogen) atoms. The van der Waals surface area contributed by atoms with Crippen molar-refractivity contribution in [3.05, 3.63) is 40.0 Å². The first-order chi connectivity index (χ1) is 11.6. The molecule has 1 aromatic heterocycles. The van der Waals surface area contributed by atoms with Crippen molar-refractivity contribution in [2.45, 2.75) is 52.7 Å². The van der Waals surface area contributed by atoms with Gasteiger partial charge >= 0.3 is 150 Å². The molecule has 0 bridgehead atoms. The molecule has 4 nitrogen and oxygen atoms in total. The van der Waals surface area contributed by atoms with Gasteiger partial charge in [-0.3, -0.25) is 0 Å². The van der Waals surface area contributed by atoms with E-state index in [4.69, 9.17) is 9.47 Å². The van der Waals surface area contributed by atoms with Crippen molar-refractivity contribution in [1.29, 1.82) is 0 Å². The van der Waals surface area contributed by atoms with Gasteiger partial charge in [0.15, 0.2) is 0 Å². The fraction of sp³-hybridized carbons (Fsp3) is 0.474. The molecule has 2 rings (SSSR count). The minimum atomic E-state index is -0.269. The summed E-state index contributed by atoms with van der Waals surface area (Å²) >= 11 is -0.124. The third-order valence-electron chi connectivity index (χ3n) is 3.96. The van der Waals surface area contributed by atoms with E-state index in [1.165, 1.54) is 7.11 Å². The summed E-state index contributed by atoms with van der Waals surface area (Å²) in [6.07, 6.45) is 3.52. The second-order valence-electron chi connectivity index (χ2n) is 5.71. The second kappa shape index (κ2) is 9.16. The van der Waals surface area contributed by atoms with Gasteiger partial charge in [0, 0.05) is 0 Å². The molecule has 1 aromatic carbocycles. The zero-order valence-corrected chi connectivity index (χ0v) is 16.5. The molecule has 0 aliphatic heterocycles. The van der Waals surface area contributed by atoms with Crippen LogP contribution in [0.5, 0.6) is 0 Å². The van der Waals surface area contributed by atoms with Crippen molar-refractivity contribution in [3.8, 4) is 10.1 Å². The van der Waals surface area contributed by atoms with Crippen LogP contribution >= 0.6 is 0 Å². The molecule has 5 heteroatoms. The monoisotopic (exact) mass is 395 g/mol. The average molecular weight is 394 g/mol. The number of benzene rings is 1. The zero-order chi connectivity index (χ0) is 17.5. The number of aryl methyl sites for hydroxylation is 1. The Morgan fingerprint density at radius 2 is 2.04 bits per heavy atom. The molecule has 0 saturated carbocycles. The SMILES string of the molecule is CCCC(CC)OCc1ccccc1-c1nc(C)c(C(=O)OC)[se]1. The minimum absolute atomic E-state index is 0.124. The number of aromatic nitrogens is 1. The van der Waals surface area contributed by atoms with E-state index in [0.717, 1.165) is 40.7 Å². The summed E-state index contributed by atoms with van der Waals surface area (Å²) in [6.45, 7) is 6.79. The van der Waals surface area contributed by atoms with Gasteiger partial charge in [0.2, 0.25) is 0 Å². The van der Waals surface area contributed by atoms with Crippen LogP contribution < -0.4 is 0 Å². The fourth-order valence-electron chi connectivity index (χ4n) is 2.58. The van der Waals surface area contributed by atoms with E-state index >= 15 is 0 Å². The van der Waals surface area contributed by atoms with Gasteiger partial charge in [-0.15, -0.1) is 0 Å². The molecule has 1 unspecified atom stereocenters. The van der Waals surface area contributed by atoms with Crippen LogP contribution in [0.25, 0.3) is 10.1 Å². The van der Waals surface area contributed by atoms with Crippen molar-refractivity contribution in [2.75, 3.05) is 7.11 Å². The van der Waals surface area contributed by atoms with E-state index in [1.54, 1.807) is 0 Å². The van der Waals surface area contributed by atoms with Crippen molar-refractivity contribution in [3.63, 3.8) is 0 Å². The molecule has 2 aromatic rings. The predicted octanol–water partition coefficient (Wildman–Crippen LogP) is 4.00. The maximum absolute atomic E-state index is 11.8. The Labute approximate surface area is 150 Å². The molecule has 0 saturated heterocycles.